The maximum absolute atomic E-state index is 13.2. The first-order valence-electron chi connectivity index (χ1n) is 6.56. The Balaban J connectivity index is 2.03. The van der Waals surface area contributed by atoms with E-state index in [1.165, 1.54) is 6.07 Å². The van der Waals surface area contributed by atoms with Crippen molar-refractivity contribution < 1.29 is 4.39 Å². The molecule has 2 aromatic rings. The van der Waals surface area contributed by atoms with Crippen LogP contribution in [0.1, 0.15) is 36.9 Å². The lowest BCUT2D eigenvalue weighted by Gasteiger charge is -2.32. The SMILES string of the molecule is CC1(C)Cc2nc(-c3ccc(F)c(Cl)c3)sc2C(N)C1. The summed E-state index contributed by atoms with van der Waals surface area (Å²) < 4.78 is 13.2. The first-order chi connectivity index (χ1) is 9.35. The van der Waals surface area contributed by atoms with Crippen LogP contribution in [-0.4, -0.2) is 4.98 Å². The van der Waals surface area contributed by atoms with Gasteiger partial charge >= 0.3 is 0 Å². The van der Waals surface area contributed by atoms with Crippen molar-refractivity contribution in [2.75, 3.05) is 0 Å². The van der Waals surface area contributed by atoms with E-state index in [0.29, 0.717) is 0 Å². The van der Waals surface area contributed by atoms with Gasteiger partial charge < -0.3 is 5.73 Å². The molecule has 0 amide bonds. The molecule has 0 bridgehead atoms. The van der Waals surface area contributed by atoms with Gasteiger partial charge in [0.1, 0.15) is 10.8 Å². The number of nitrogens with two attached hydrogens (primary N) is 1. The maximum atomic E-state index is 13.2. The van der Waals surface area contributed by atoms with Gasteiger partial charge in [0, 0.05) is 16.5 Å². The van der Waals surface area contributed by atoms with Crippen molar-refractivity contribution >= 4 is 22.9 Å². The van der Waals surface area contributed by atoms with Crippen molar-refractivity contribution in [2.24, 2.45) is 11.1 Å². The average Bonchev–Trinajstić information content (AvgIpc) is 2.75. The number of fused-ring (bicyclic) bond motifs is 1. The number of aromatic nitrogens is 1. The van der Waals surface area contributed by atoms with Gasteiger partial charge in [0.25, 0.3) is 0 Å². The lowest BCUT2D eigenvalue weighted by molar-refractivity contribution is 0.282. The second kappa shape index (κ2) is 4.79. The lowest BCUT2D eigenvalue weighted by atomic mass is 9.77. The fourth-order valence-corrected chi connectivity index (χ4v) is 4.01. The first kappa shape index (κ1) is 14.0. The van der Waals surface area contributed by atoms with Gasteiger partial charge in [-0.25, -0.2) is 9.37 Å². The van der Waals surface area contributed by atoms with E-state index in [-0.39, 0.29) is 16.5 Å². The number of thiazole rings is 1. The zero-order chi connectivity index (χ0) is 14.5. The molecule has 1 aliphatic rings. The van der Waals surface area contributed by atoms with Crippen LogP contribution in [0.25, 0.3) is 10.6 Å². The predicted octanol–water partition coefficient (Wildman–Crippen LogP) is 4.57. The van der Waals surface area contributed by atoms with Gasteiger partial charge in [0.15, 0.2) is 0 Å². The molecular weight excluding hydrogens is 295 g/mol. The Morgan fingerprint density at radius 2 is 2.20 bits per heavy atom. The van der Waals surface area contributed by atoms with E-state index >= 15 is 0 Å². The highest BCUT2D eigenvalue weighted by Crippen LogP contribution is 2.43. The quantitative estimate of drug-likeness (QED) is 0.837. The second-order valence-electron chi connectivity index (χ2n) is 6.11. The molecule has 1 atom stereocenters. The van der Waals surface area contributed by atoms with Crippen molar-refractivity contribution in [1.29, 1.82) is 0 Å². The largest absolute Gasteiger partial charge is 0.323 e. The molecule has 1 aromatic carbocycles. The zero-order valence-corrected chi connectivity index (χ0v) is 13.0. The highest BCUT2D eigenvalue weighted by Gasteiger charge is 2.33. The van der Waals surface area contributed by atoms with E-state index in [1.807, 2.05) is 0 Å². The summed E-state index contributed by atoms with van der Waals surface area (Å²) in [7, 11) is 0. The topological polar surface area (TPSA) is 38.9 Å². The molecule has 3 rings (SSSR count). The molecule has 1 aliphatic carbocycles. The molecule has 2 N–H and O–H groups in total. The Labute approximate surface area is 126 Å². The molecule has 0 radical (unpaired) electrons. The predicted molar refractivity (Wildman–Crippen MR) is 81.5 cm³/mol. The van der Waals surface area contributed by atoms with Gasteiger partial charge in [-0.15, -0.1) is 11.3 Å². The molecule has 1 unspecified atom stereocenters. The third-order valence-electron chi connectivity index (χ3n) is 3.65. The van der Waals surface area contributed by atoms with Gasteiger partial charge in [-0.05, 0) is 36.5 Å². The van der Waals surface area contributed by atoms with Crippen LogP contribution in [0.3, 0.4) is 0 Å². The molecule has 0 aliphatic heterocycles. The molecule has 0 spiro atoms. The number of nitrogens with zero attached hydrogens (tertiary/aromatic N) is 1. The third kappa shape index (κ3) is 2.48. The van der Waals surface area contributed by atoms with Crippen molar-refractivity contribution in [2.45, 2.75) is 32.7 Å². The summed E-state index contributed by atoms with van der Waals surface area (Å²) >= 11 is 7.44. The van der Waals surface area contributed by atoms with Crippen LogP contribution in [0.2, 0.25) is 5.02 Å². The van der Waals surface area contributed by atoms with Gasteiger partial charge in [0.05, 0.1) is 10.7 Å². The molecule has 0 saturated heterocycles. The number of benzene rings is 1. The summed E-state index contributed by atoms with van der Waals surface area (Å²) in [6, 6.07) is 4.75. The minimum Gasteiger partial charge on any atom is -0.323 e. The van der Waals surface area contributed by atoms with Gasteiger partial charge in [0.2, 0.25) is 0 Å². The number of hydrogen-bond acceptors (Lipinski definition) is 3. The Kier molecular flexibility index (Phi) is 3.35. The molecular formula is C15H16ClFN2S. The third-order valence-corrected chi connectivity index (χ3v) is 5.22. The fraction of sp³-hybridized carbons (Fsp3) is 0.400. The van der Waals surface area contributed by atoms with Crippen LogP contribution in [0.4, 0.5) is 4.39 Å². The molecule has 5 heteroatoms. The highest BCUT2D eigenvalue weighted by molar-refractivity contribution is 7.15. The van der Waals surface area contributed by atoms with Crippen molar-refractivity contribution in [3.05, 3.63) is 39.6 Å². The van der Waals surface area contributed by atoms with Crippen molar-refractivity contribution in [1.82, 2.24) is 4.98 Å². The van der Waals surface area contributed by atoms with E-state index < -0.39 is 5.82 Å². The highest BCUT2D eigenvalue weighted by atomic mass is 35.5. The molecule has 1 aromatic heterocycles. The van der Waals surface area contributed by atoms with E-state index in [1.54, 1.807) is 23.5 Å². The Morgan fingerprint density at radius 1 is 1.45 bits per heavy atom. The molecule has 20 heavy (non-hydrogen) atoms. The monoisotopic (exact) mass is 310 g/mol. The van der Waals surface area contributed by atoms with E-state index in [2.05, 4.69) is 13.8 Å². The summed E-state index contributed by atoms with van der Waals surface area (Å²) in [5, 5.41) is 0.991. The molecule has 0 fully saturated rings. The van der Waals surface area contributed by atoms with Crippen molar-refractivity contribution in [3.63, 3.8) is 0 Å². The van der Waals surface area contributed by atoms with Gasteiger partial charge in [-0.2, -0.15) is 0 Å². The Hall–Kier alpha value is -0.970. The number of halogens is 2. The average molecular weight is 311 g/mol. The summed E-state index contributed by atoms with van der Waals surface area (Å²) in [5.41, 5.74) is 8.36. The summed E-state index contributed by atoms with van der Waals surface area (Å²) in [4.78, 5) is 5.85. The molecule has 2 nitrogen and oxygen atoms in total. The standard InChI is InChI=1S/C15H16ClFN2S/c1-15(2)6-11(18)13-12(7-15)19-14(20-13)8-3-4-10(17)9(16)5-8/h3-5,11H,6-7,18H2,1-2H3. The van der Waals surface area contributed by atoms with Crippen LogP contribution in [0.15, 0.2) is 18.2 Å². The molecule has 106 valence electrons. The number of hydrogen-bond donors (Lipinski definition) is 1. The fourth-order valence-electron chi connectivity index (χ4n) is 2.75. The first-order valence-corrected chi connectivity index (χ1v) is 7.76. The van der Waals surface area contributed by atoms with Gasteiger partial charge in [-0.3, -0.25) is 0 Å². The minimum atomic E-state index is -0.408. The van der Waals surface area contributed by atoms with Crippen LogP contribution in [0, 0.1) is 11.2 Å². The van der Waals surface area contributed by atoms with Crippen LogP contribution in [-0.2, 0) is 6.42 Å². The summed E-state index contributed by atoms with van der Waals surface area (Å²) in [6.07, 6.45) is 1.90. The van der Waals surface area contributed by atoms with Crippen LogP contribution >= 0.6 is 22.9 Å². The minimum absolute atomic E-state index is 0.0379. The smallest absolute Gasteiger partial charge is 0.141 e. The molecule has 0 saturated carbocycles. The second-order valence-corrected chi connectivity index (χ2v) is 7.55. The van der Waals surface area contributed by atoms with Gasteiger partial charge in [-0.1, -0.05) is 25.4 Å². The zero-order valence-electron chi connectivity index (χ0n) is 11.4. The van der Waals surface area contributed by atoms with Crippen molar-refractivity contribution in [3.8, 4) is 10.6 Å². The lowest BCUT2D eigenvalue weighted by Crippen LogP contribution is -2.28. The maximum Gasteiger partial charge on any atom is 0.141 e. The summed E-state index contributed by atoms with van der Waals surface area (Å²) in [5.74, 6) is -0.408. The summed E-state index contributed by atoms with van der Waals surface area (Å²) in [6.45, 7) is 4.42. The van der Waals surface area contributed by atoms with E-state index in [4.69, 9.17) is 22.3 Å². The normalized spacial score (nSPS) is 20.8. The Bertz CT molecular complexity index is 666. The van der Waals surface area contributed by atoms with Crippen LogP contribution < -0.4 is 5.73 Å². The van der Waals surface area contributed by atoms with E-state index in [9.17, 15) is 4.39 Å². The Morgan fingerprint density at radius 3 is 2.90 bits per heavy atom. The molecule has 1 heterocycles. The van der Waals surface area contributed by atoms with Crippen LogP contribution in [0.5, 0.6) is 0 Å². The van der Waals surface area contributed by atoms with E-state index in [0.717, 1.165) is 34.0 Å². The number of rotatable bonds is 1.